The van der Waals surface area contributed by atoms with Crippen molar-refractivity contribution in [3.8, 4) is 0 Å². The third-order valence-electron chi connectivity index (χ3n) is 3.64. The molecule has 0 unspecified atom stereocenters. The molecule has 0 radical (unpaired) electrons. The zero-order valence-corrected chi connectivity index (χ0v) is 12.3. The fourth-order valence-electron chi connectivity index (χ4n) is 2.24. The number of likely N-dealkylation sites (N-methyl/N-ethyl adjacent to an activating group) is 1. The van der Waals surface area contributed by atoms with Crippen LogP contribution in [0.5, 0.6) is 0 Å². The Hall–Kier alpha value is 0.100. The smallest absolute Gasteiger partial charge is 0.0701 e. The predicted octanol–water partition coefficient (Wildman–Crippen LogP) is 3.08. The lowest BCUT2D eigenvalue weighted by molar-refractivity contribution is 0.0598. The third kappa shape index (κ3) is 2.67. The highest BCUT2D eigenvalue weighted by atomic mass is 79.9. The van der Waals surface area contributed by atoms with E-state index in [0.717, 1.165) is 13.1 Å². The van der Waals surface area contributed by atoms with E-state index in [4.69, 9.17) is 0 Å². The zero-order chi connectivity index (χ0) is 11.6. The minimum Gasteiger partial charge on any atom is -0.311 e. The van der Waals surface area contributed by atoms with Crippen molar-refractivity contribution in [2.45, 2.75) is 31.3 Å². The highest BCUT2D eigenvalue weighted by molar-refractivity contribution is 9.11. The van der Waals surface area contributed by atoms with E-state index in [9.17, 15) is 0 Å². The van der Waals surface area contributed by atoms with E-state index in [0.29, 0.717) is 5.54 Å². The molecule has 0 amide bonds. The highest BCUT2D eigenvalue weighted by Gasteiger charge is 2.38. The van der Waals surface area contributed by atoms with Gasteiger partial charge in [0, 0.05) is 18.6 Å². The van der Waals surface area contributed by atoms with Crippen molar-refractivity contribution in [2.24, 2.45) is 0 Å². The second kappa shape index (κ2) is 5.17. The van der Waals surface area contributed by atoms with Gasteiger partial charge in [-0.1, -0.05) is 0 Å². The normalized spacial score (nSPS) is 18.8. The molecule has 0 atom stereocenters. The highest BCUT2D eigenvalue weighted by Crippen LogP contribution is 2.35. The standard InChI is InChI=1S/C12H19BrN2S/c1-15(2)12(4-3-5-12)9-14-7-10-6-11(13)16-8-10/h6,8,14H,3-5,7,9H2,1-2H3. The van der Waals surface area contributed by atoms with Gasteiger partial charge in [-0.25, -0.2) is 0 Å². The Morgan fingerprint density at radius 3 is 2.69 bits per heavy atom. The fourth-order valence-corrected chi connectivity index (χ4v) is 3.45. The first kappa shape index (κ1) is 12.6. The molecule has 0 saturated heterocycles. The van der Waals surface area contributed by atoms with Crippen LogP contribution in [-0.2, 0) is 6.54 Å². The molecule has 1 fully saturated rings. The molecule has 0 aliphatic heterocycles. The van der Waals surface area contributed by atoms with Gasteiger partial charge in [0.1, 0.15) is 0 Å². The molecule has 4 heteroatoms. The summed E-state index contributed by atoms with van der Waals surface area (Å²) in [5.74, 6) is 0. The molecule has 90 valence electrons. The molecule has 1 aromatic heterocycles. The maximum atomic E-state index is 3.58. The van der Waals surface area contributed by atoms with E-state index in [2.05, 4.69) is 51.7 Å². The molecule has 0 aromatic carbocycles. The number of halogens is 1. The first-order chi connectivity index (χ1) is 7.62. The number of rotatable bonds is 5. The Balaban J connectivity index is 1.79. The maximum absolute atomic E-state index is 3.58. The summed E-state index contributed by atoms with van der Waals surface area (Å²) in [7, 11) is 4.39. The van der Waals surface area contributed by atoms with Crippen LogP contribution in [0.25, 0.3) is 0 Å². The SMILES string of the molecule is CN(C)C1(CNCc2csc(Br)c2)CCC1. The van der Waals surface area contributed by atoms with Gasteiger partial charge in [-0.05, 0) is 66.3 Å². The van der Waals surface area contributed by atoms with Crippen molar-refractivity contribution < 1.29 is 0 Å². The summed E-state index contributed by atoms with van der Waals surface area (Å²) in [5.41, 5.74) is 1.80. The van der Waals surface area contributed by atoms with E-state index < -0.39 is 0 Å². The third-order valence-corrected chi connectivity index (χ3v) is 5.19. The summed E-state index contributed by atoms with van der Waals surface area (Å²) in [5, 5.41) is 5.79. The van der Waals surface area contributed by atoms with Gasteiger partial charge in [-0.15, -0.1) is 11.3 Å². The van der Waals surface area contributed by atoms with E-state index >= 15 is 0 Å². The Kier molecular flexibility index (Phi) is 4.06. The molecule has 1 heterocycles. The number of nitrogens with zero attached hydrogens (tertiary/aromatic N) is 1. The fraction of sp³-hybridized carbons (Fsp3) is 0.667. The quantitative estimate of drug-likeness (QED) is 0.899. The molecule has 2 nitrogen and oxygen atoms in total. The molecule has 1 N–H and O–H groups in total. The first-order valence-electron chi connectivity index (χ1n) is 5.73. The minimum atomic E-state index is 0.424. The Morgan fingerprint density at radius 1 is 1.50 bits per heavy atom. The molecular formula is C12H19BrN2S. The lowest BCUT2D eigenvalue weighted by Crippen LogP contribution is -2.56. The first-order valence-corrected chi connectivity index (χ1v) is 7.41. The van der Waals surface area contributed by atoms with Crippen LogP contribution in [0, 0.1) is 0 Å². The summed E-state index contributed by atoms with van der Waals surface area (Å²) in [6.07, 6.45) is 4.05. The van der Waals surface area contributed by atoms with Gasteiger partial charge in [0.05, 0.1) is 3.79 Å². The van der Waals surface area contributed by atoms with Crippen LogP contribution in [0.3, 0.4) is 0 Å². The summed E-state index contributed by atoms with van der Waals surface area (Å²) >= 11 is 5.25. The van der Waals surface area contributed by atoms with Crippen LogP contribution in [0.1, 0.15) is 24.8 Å². The largest absolute Gasteiger partial charge is 0.311 e. The molecule has 0 spiro atoms. The zero-order valence-electron chi connectivity index (χ0n) is 9.92. The molecule has 0 bridgehead atoms. The van der Waals surface area contributed by atoms with Gasteiger partial charge in [0.2, 0.25) is 0 Å². The van der Waals surface area contributed by atoms with Crippen LogP contribution in [0.2, 0.25) is 0 Å². The lowest BCUT2D eigenvalue weighted by atomic mass is 9.75. The molecule has 1 aromatic rings. The predicted molar refractivity (Wildman–Crippen MR) is 74.0 cm³/mol. The number of nitrogens with one attached hydrogen (secondary N) is 1. The summed E-state index contributed by atoms with van der Waals surface area (Å²) in [4.78, 5) is 2.38. The number of hydrogen-bond acceptors (Lipinski definition) is 3. The monoisotopic (exact) mass is 302 g/mol. The second-order valence-corrected chi connectivity index (χ2v) is 7.13. The van der Waals surface area contributed by atoms with Gasteiger partial charge >= 0.3 is 0 Å². The Labute approximate surface area is 110 Å². The van der Waals surface area contributed by atoms with E-state index in [1.807, 2.05) is 0 Å². The van der Waals surface area contributed by atoms with Crippen molar-refractivity contribution in [3.05, 3.63) is 20.8 Å². The number of thiophene rings is 1. The van der Waals surface area contributed by atoms with Gasteiger partial charge in [-0.2, -0.15) is 0 Å². The van der Waals surface area contributed by atoms with Gasteiger partial charge in [0.15, 0.2) is 0 Å². The van der Waals surface area contributed by atoms with E-state index in [-0.39, 0.29) is 0 Å². The van der Waals surface area contributed by atoms with Crippen molar-refractivity contribution in [1.29, 1.82) is 0 Å². The molecular weight excluding hydrogens is 284 g/mol. The molecule has 1 saturated carbocycles. The Morgan fingerprint density at radius 2 is 2.25 bits per heavy atom. The van der Waals surface area contributed by atoms with Crippen molar-refractivity contribution in [1.82, 2.24) is 10.2 Å². The Bertz CT molecular complexity index is 345. The summed E-state index contributed by atoms with van der Waals surface area (Å²) in [6, 6.07) is 2.20. The van der Waals surface area contributed by atoms with E-state index in [1.165, 1.54) is 28.6 Å². The minimum absolute atomic E-state index is 0.424. The van der Waals surface area contributed by atoms with Crippen molar-refractivity contribution in [2.75, 3.05) is 20.6 Å². The van der Waals surface area contributed by atoms with Gasteiger partial charge in [0.25, 0.3) is 0 Å². The van der Waals surface area contributed by atoms with E-state index in [1.54, 1.807) is 11.3 Å². The van der Waals surface area contributed by atoms with Crippen LogP contribution >= 0.6 is 27.3 Å². The maximum Gasteiger partial charge on any atom is 0.0701 e. The lowest BCUT2D eigenvalue weighted by Gasteiger charge is -2.47. The second-order valence-electron chi connectivity index (χ2n) is 4.83. The van der Waals surface area contributed by atoms with Crippen LogP contribution < -0.4 is 5.32 Å². The van der Waals surface area contributed by atoms with Crippen LogP contribution in [0.4, 0.5) is 0 Å². The van der Waals surface area contributed by atoms with Crippen LogP contribution in [0.15, 0.2) is 15.2 Å². The average molecular weight is 303 g/mol. The number of hydrogen-bond donors (Lipinski definition) is 1. The molecule has 1 aliphatic carbocycles. The molecule has 1 aliphatic rings. The average Bonchev–Trinajstić information content (AvgIpc) is 2.55. The molecule has 16 heavy (non-hydrogen) atoms. The summed E-state index contributed by atoms with van der Waals surface area (Å²) in [6.45, 7) is 2.09. The van der Waals surface area contributed by atoms with Crippen molar-refractivity contribution >= 4 is 27.3 Å². The topological polar surface area (TPSA) is 15.3 Å². The summed E-state index contributed by atoms with van der Waals surface area (Å²) < 4.78 is 1.22. The van der Waals surface area contributed by atoms with Gasteiger partial charge < -0.3 is 10.2 Å². The van der Waals surface area contributed by atoms with Gasteiger partial charge in [-0.3, -0.25) is 0 Å². The van der Waals surface area contributed by atoms with Crippen LogP contribution in [-0.4, -0.2) is 31.1 Å². The molecule has 2 rings (SSSR count). The van der Waals surface area contributed by atoms with Crippen molar-refractivity contribution in [3.63, 3.8) is 0 Å².